The number of amides is 1. The van der Waals surface area contributed by atoms with Crippen LogP contribution in [0, 0.1) is 0 Å². The van der Waals surface area contributed by atoms with Gasteiger partial charge in [-0.15, -0.1) is 10.2 Å². The summed E-state index contributed by atoms with van der Waals surface area (Å²) in [6, 6.07) is 22.2. The van der Waals surface area contributed by atoms with Gasteiger partial charge in [-0.1, -0.05) is 83.0 Å². The zero-order valence-electron chi connectivity index (χ0n) is 17.9. The monoisotopic (exact) mass is 529 g/mol. The fraction of sp³-hybridized carbons (Fsp3) is 0.0833. The van der Waals surface area contributed by atoms with E-state index in [0.717, 1.165) is 11.3 Å². The number of carbonyl (C=O) groups is 1. The van der Waals surface area contributed by atoms with E-state index in [1.807, 2.05) is 47.0 Å². The molecule has 0 atom stereocenters. The number of halogens is 3. The largest absolute Gasteiger partial charge is 0.272 e. The summed E-state index contributed by atoms with van der Waals surface area (Å²) in [7, 11) is 0. The average molecular weight is 531 g/mol. The Bertz CT molecular complexity index is 1340. The molecular weight excluding hydrogens is 513 g/mol. The highest BCUT2D eigenvalue weighted by atomic mass is 35.5. The summed E-state index contributed by atoms with van der Waals surface area (Å²) in [6.45, 7) is 1.76. The first-order valence-corrected chi connectivity index (χ1v) is 12.2. The molecule has 1 amide bonds. The van der Waals surface area contributed by atoms with Gasteiger partial charge in [0.15, 0.2) is 11.0 Å². The van der Waals surface area contributed by atoms with Crippen molar-refractivity contribution < 1.29 is 4.79 Å². The molecule has 0 aliphatic heterocycles. The number of hydrogen-bond donors (Lipinski definition) is 1. The number of carbonyl (C=O) groups excluding carboxylic acids is 1. The maximum Gasteiger partial charge on any atom is 0.250 e. The van der Waals surface area contributed by atoms with Gasteiger partial charge >= 0.3 is 0 Å². The molecule has 0 fully saturated rings. The second kappa shape index (κ2) is 11.1. The summed E-state index contributed by atoms with van der Waals surface area (Å²) in [6.07, 6.45) is 0. The van der Waals surface area contributed by atoms with Gasteiger partial charge in [-0.05, 0) is 43.3 Å². The third-order valence-corrected chi connectivity index (χ3v) is 6.48. The number of hydrazone groups is 1. The van der Waals surface area contributed by atoms with Gasteiger partial charge in [0.25, 0.3) is 5.91 Å². The van der Waals surface area contributed by atoms with Crippen molar-refractivity contribution in [2.45, 2.75) is 12.1 Å². The lowest BCUT2D eigenvalue weighted by Gasteiger charge is -2.10. The highest BCUT2D eigenvalue weighted by Gasteiger charge is 2.17. The van der Waals surface area contributed by atoms with Gasteiger partial charge in [-0.25, -0.2) is 5.43 Å². The number of nitrogens with zero attached hydrogens (tertiary/aromatic N) is 4. The molecule has 172 valence electrons. The fourth-order valence-corrected chi connectivity index (χ4v) is 4.53. The molecule has 1 heterocycles. The van der Waals surface area contributed by atoms with Crippen molar-refractivity contribution in [2.75, 3.05) is 5.75 Å². The van der Waals surface area contributed by atoms with E-state index in [9.17, 15) is 4.79 Å². The van der Waals surface area contributed by atoms with Crippen molar-refractivity contribution in [2.24, 2.45) is 5.10 Å². The van der Waals surface area contributed by atoms with E-state index in [2.05, 4.69) is 20.7 Å². The van der Waals surface area contributed by atoms with Crippen LogP contribution in [0.4, 0.5) is 0 Å². The number of aromatic nitrogens is 3. The summed E-state index contributed by atoms with van der Waals surface area (Å²) in [5, 5.41) is 15.0. The summed E-state index contributed by atoms with van der Waals surface area (Å²) in [4.78, 5) is 12.5. The van der Waals surface area contributed by atoms with Crippen LogP contribution in [0.25, 0.3) is 17.1 Å². The summed E-state index contributed by atoms with van der Waals surface area (Å²) in [5.41, 5.74) is 5.55. The average Bonchev–Trinajstić information content (AvgIpc) is 3.26. The van der Waals surface area contributed by atoms with Crippen LogP contribution in [0.3, 0.4) is 0 Å². The first kappa shape index (κ1) is 24.3. The van der Waals surface area contributed by atoms with Gasteiger partial charge in [0.05, 0.1) is 16.5 Å². The van der Waals surface area contributed by atoms with Crippen molar-refractivity contribution in [3.8, 4) is 17.1 Å². The fourth-order valence-electron chi connectivity index (χ4n) is 3.11. The highest BCUT2D eigenvalue weighted by Crippen LogP contribution is 2.28. The predicted molar refractivity (Wildman–Crippen MR) is 139 cm³/mol. The standard InChI is InChI=1S/C24H18Cl3N5OS/c1-15(20-12-9-18(26)13-21(20)27)28-29-22(33)14-34-24-31-30-23(16-5-3-2-4-6-16)32(24)19-10-7-17(25)8-11-19/h2-13H,14H2,1H3,(H,29,33)/b28-15-. The molecule has 0 spiro atoms. The van der Waals surface area contributed by atoms with E-state index in [1.54, 1.807) is 37.3 Å². The Morgan fingerprint density at radius 1 is 0.971 bits per heavy atom. The Balaban J connectivity index is 1.52. The molecule has 6 nitrogen and oxygen atoms in total. The van der Waals surface area contributed by atoms with Gasteiger partial charge in [-0.3, -0.25) is 9.36 Å². The topological polar surface area (TPSA) is 72.2 Å². The lowest BCUT2D eigenvalue weighted by Crippen LogP contribution is -2.21. The SMILES string of the molecule is C/C(=N/NC(=O)CSc1nnc(-c2ccccc2)n1-c1ccc(Cl)cc1)c1ccc(Cl)cc1Cl. The maximum atomic E-state index is 12.5. The molecule has 0 saturated carbocycles. The van der Waals surface area contributed by atoms with Crippen molar-refractivity contribution in [3.63, 3.8) is 0 Å². The number of rotatable bonds is 7. The minimum Gasteiger partial charge on any atom is -0.272 e. The van der Waals surface area contributed by atoms with Crippen LogP contribution in [0.1, 0.15) is 12.5 Å². The van der Waals surface area contributed by atoms with Crippen molar-refractivity contribution >= 4 is 58.2 Å². The zero-order valence-corrected chi connectivity index (χ0v) is 21.0. The van der Waals surface area contributed by atoms with Crippen molar-refractivity contribution in [1.29, 1.82) is 0 Å². The molecule has 4 aromatic rings. The zero-order chi connectivity index (χ0) is 24.1. The Morgan fingerprint density at radius 3 is 2.38 bits per heavy atom. The molecule has 0 saturated heterocycles. The Morgan fingerprint density at radius 2 is 1.68 bits per heavy atom. The smallest absolute Gasteiger partial charge is 0.250 e. The third kappa shape index (κ3) is 5.80. The molecule has 3 aromatic carbocycles. The van der Waals surface area contributed by atoms with E-state index in [1.165, 1.54) is 11.8 Å². The quantitative estimate of drug-likeness (QED) is 0.168. The van der Waals surface area contributed by atoms with E-state index in [4.69, 9.17) is 34.8 Å². The molecule has 1 N–H and O–H groups in total. The van der Waals surface area contributed by atoms with Crippen LogP contribution in [0.15, 0.2) is 83.1 Å². The number of thioether (sulfide) groups is 1. The van der Waals surface area contributed by atoms with Gasteiger partial charge in [0.2, 0.25) is 0 Å². The van der Waals surface area contributed by atoms with Gasteiger partial charge < -0.3 is 0 Å². The Hall–Kier alpha value is -2.84. The lowest BCUT2D eigenvalue weighted by molar-refractivity contribution is -0.118. The highest BCUT2D eigenvalue weighted by molar-refractivity contribution is 7.99. The van der Waals surface area contributed by atoms with Crippen LogP contribution in [-0.2, 0) is 4.79 Å². The minimum absolute atomic E-state index is 0.0889. The summed E-state index contributed by atoms with van der Waals surface area (Å²) in [5.74, 6) is 0.462. The normalized spacial score (nSPS) is 11.5. The van der Waals surface area contributed by atoms with E-state index in [0.29, 0.717) is 37.3 Å². The molecule has 0 aliphatic carbocycles. The second-order valence-electron chi connectivity index (χ2n) is 7.13. The number of benzene rings is 3. The molecule has 0 unspecified atom stereocenters. The van der Waals surface area contributed by atoms with Gasteiger partial charge in [0.1, 0.15) is 0 Å². The van der Waals surface area contributed by atoms with Gasteiger partial charge in [0, 0.05) is 26.9 Å². The Labute approximate surface area is 215 Å². The predicted octanol–water partition coefficient (Wildman–Crippen LogP) is 6.53. The van der Waals surface area contributed by atoms with E-state index in [-0.39, 0.29) is 11.7 Å². The minimum atomic E-state index is -0.290. The first-order valence-electron chi connectivity index (χ1n) is 10.1. The Kier molecular flexibility index (Phi) is 7.90. The number of nitrogens with one attached hydrogen (secondary N) is 1. The molecule has 34 heavy (non-hydrogen) atoms. The molecule has 1 aromatic heterocycles. The first-order chi connectivity index (χ1) is 16.4. The van der Waals surface area contributed by atoms with Crippen LogP contribution >= 0.6 is 46.6 Å². The van der Waals surface area contributed by atoms with Crippen LogP contribution in [0.2, 0.25) is 15.1 Å². The molecule has 4 rings (SSSR count). The maximum absolute atomic E-state index is 12.5. The van der Waals surface area contributed by atoms with Crippen LogP contribution < -0.4 is 5.43 Å². The summed E-state index contributed by atoms with van der Waals surface area (Å²) >= 11 is 19.5. The lowest BCUT2D eigenvalue weighted by atomic mass is 10.1. The van der Waals surface area contributed by atoms with Crippen LogP contribution in [0.5, 0.6) is 0 Å². The molecule has 10 heteroatoms. The van der Waals surface area contributed by atoms with Crippen LogP contribution in [-0.4, -0.2) is 32.1 Å². The molecule has 0 aliphatic rings. The van der Waals surface area contributed by atoms with Crippen molar-refractivity contribution in [1.82, 2.24) is 20.2 Å². The molecule has 0 radical (unpaired) electrons. The van der Waals surface area contributed by atoms with Gasteiger partial charge in [-0.2, -0.15) is 5.10 Å². The summed E-state index contributed by atoms with van der Waals surface area (Å²) < 4.78 is 1.89. The molecule has 0 bridgehead atoms. The second-order valence-corrected chi connectivity index (χ2v) is 9.35. The van der Waals surface area contributed by atoms with E-state index < -0.39 is 0 Å². The number of hydrogen-bond acceptors (Lipinski definition) is 5. The third-order valence-electron chi connectivity index (χ3n) is 4.75. The molecular formula is C24H18Cl3N5OS. The van der Waals surface area contributed by atoms with Crippen molar-refractivity contribution in [3.05, 3.63) is 93.4 Å². The van der Waals surface area contributed by atoms with E-state index >= 15 is 0 Å².